The van der Waals surface area contributed by atoms with E-state index in [0.29, 0.717) is 6.04 Å². The minimum atomic E-state index is 0. The molecule has 5 heteroatoms. The Balaban J connectivity index is 0.00000180. The largest absolute Gasteiger partial charge is 0.365 e. The Kier molecular flexibility index (Phi) is 6.38. The van der Waals surface area contributed by atoms with Crippen LogP contribution >= 0.6 is 12.4 Å². The zero-order valence-corrected chi connectivity index (χ0v) is 12.6. The first kappa shape index (κ1) is 16.1. The molecule has 1 amide bonds. The topological polar surface area (TPSA) is 48.1 Å². The molecule has 1 aromatic heterocycles. The number of amides is 1. The molecule has 19 heavy (non-hydrogen) atoms. The van der Waals surface area contributed by atoms with Crippen molar-refractivity contribution in [2.45, 2.75) is 39.2 Å². The predicted octanol–water partition coefficient (Wildman–Crippen LogP) is 2.35. The number of hydrogen-bond donors (Lipinski definition) is 2. The Bertz CT molecular complexity index is 399. The van der Waals surface area contributed by atoms with Crippen molar-refractivity contribution in [3.8, 4) is 0 Å². The zero-order chi connectivity index (χ0) is 13.0. The van der Waals surface area contributed by atoms with Crippen LogP contribution in [-0.4, -0.2) is 41.5 Å². The van der Waals surface area contributed by atoms with Gasteiger partial charge in [0.15, 0.2) is 0 Å². The van der Waals surface area contributed by atoms with Crippen molar-refractivity contribution < 1.29 is 4.79 Å². The van der Waals surface area contributed by atoms with Gasteiger partial charge in [0, 0.05) is 24.5 Å². The van der Waals surface area contributed by atoms with Gasteiger partial charge in [0.25, 0.3) is 5.91 Å². The molecule has 1 aromatic rings. The van der Waals surface area contributed by atoms with Crippen molar-refractivity contribution in [2.24, 2.45) is 0 Å². The highest BCUT2D eigenvalue weighted by molar-refractivity contribution is 5.95. The van der Waals surface area contributed by atoms with Crippen molar-refractivity contribution in [3.05, 3.63) is 23.5 Å². The number of hydrogen-bond acceptors (Lipinski definition) is 2. The number of carbonyl (C=O) groups is 1. The molecule has 108 valence electrons. The van der Waals surface area contributed by atoms with Crippen LogP contribution in [0.4, 0.5) is 0 Å². The summed E-state index contributed by atoms with van der Waals surface area (Å²) in [6.07, 6.45) is 4.98. The van der Waals surface area contributed by atoms with E-state index in [4.69, 9.17) is 0 Å². The van der Waals surface area contributed by atoms with E-state index in [0.717, 1.165) is 50.2 Å². The molecule has 1 aliphatic rings. The Hall–Kier alpha value is -1.00. The second kappa shape index (κ2) is 7.56. The summed E-state index contributed by atoms with van der Waals surface area (Å²) < 4.78 is 0. The molecule has 1 saturated heterocycles. The summed E-state index contributed by atoms with van der Waals surface area (Å²) in [6.45, 7) is 6.98. The zero-order valence-electron chi connectivity index (χ0n) is 11.7. The van der Waals surface area contributed by atoms with Gasteiger partial charge in [-0.2, -0.15) is 0 Å². The number of nitrogens with zero attached hydrogens (tertiary/aromatic N) is 1. The molecule has 1 fully saturated rings. The number of rotatable bonds is 4. The minimum Gasteiger partial charge on any atom is -0.365 e. The van der Waals surface area contributed by atoms with Crippen LogP contribution in [-0.2, 0) is 0 Å². The van der Waals surface area contributed by atoms with Gasteiger partial charge >= 0.3 is 0 Å². The normalized spacial score (nSPS) is 15.9. The second-order valence-corrected chi connectivity index (χ2v) is 5.00. The third kappa shape index (κ3) is 3.74. The maximum atomic E-state index is 12.6. The standard InChI is InChI=1S/C14H23N3O.ClH/c1-3-10-17(12-4-7-15-8-5-12)14(18)13-6-9-16-11(13)2;/h6,9,12,15-16H,3-5,7-8,10H2,1-2H3;1H. The van der Waals surface area contributed by atoms with Crippen LogP contribution in [0.15, 0.2) is 12.3 Å². The monoisotopic (exact) mass is 285 g/mol. The third-order valence-electron chi connectivity index (χ3n) is 3.66. The van der Waals surface area contributed by atoms with Gasteiger partial charge in [-0.25, -0.2) is 0 Å². The summed E-state index contributed by atoms with van der Waals surface area (Å²) >= 11 is 0. The average Bonchev–Trinajstić information content (AvgIpc) is 2.82. The number of carbonyl (C=O) groups excluding carboxylic acids is 1. The molecule has 0 radical (unpaired) electrons. The molecule has 0 atom stereocenters. The Morgan fingerprint density at radius 2 is 2.11 bits per heavy atom. The molecular weight excluding hydrogens is 262 g/mol. The molecule has 1 aliphatic heterocycles. The van der Waals surface area contributed by atoms with Crippen molar-refractivity contribution in [2.75, 3.05) is 19.6 Å². The van der Waals surface area contributed by atoms with Crippen LogP contribution < -0.4 is 5.32 Å². The van der Waals surface area contributed by atoms with E-state index in [1.54, 1.807) is 0 Å². The SMILES string of the molecule is CCCN(C(=O)c1cc[nH]c1C)C1CCNCC1.Cl. The fourth-order valence-corrected chi connectivity index (χ4v) is 2.65. The van der Waals surface area contributed by atoms with Gasteiger partial charge in [-0.3, -0.25) is 4.79 Å². The smallest absolute Gasteiger partial charge is 0.255 e. The number of aromatic amines is 1. The van der Waals surface area contributed by atoms with Crippen LogP contribution in [0.1, 0.15) is 42.2 Å². The highest BCUT2D eigenvalue weighted by Gasteiger charge is 2.26. The lowest BCUT2D eigenvalue weighted by molar-refractivity contribution is 0.0642. The number of halogens is 1. The highest BCUT2D eigenvalue weighted by Crippen LogP contribution is 2.17. The van der Waals surface area contributed by atoms with Crippen LogP contribution in [0.2, 0.25) is 0 Å². The predicted molar refractivity (Wildman–Crippen MR) is 80.0 cm³/mol. The van der Waals surface area contributed by atoms with E-state index in [2.05, 4.69) is 22.1 Å². The summed E-state index contributed by atoms with van der Waals surface area (Å²) in [4.78, 5) is 17.8. The first-order chi connectivity index (χ1) is 8.74. The highest BCUT2D eigenvalue weighted by atomic mass is 35.5. The van der Waals surface area contributed by atoms with Gasteiger partial charge in [0.1, 0.15) is 0 Å². The van der Waals surface area contributed by atoms with Gasteiger partial charge in [0.05, 0.1) is 5.56 Å². The summed E-state index contributed by atoms with van der Waals surface area (Å²) in [6, 6.07) is 2.29. The molecule has 4 nitrogen and oxygen atoms in total. The number of aromatic nitrogens is 1. The number of H-pyrrole nitrogens is 1. The van der Waals surface area contributed by atoms with E-state index in [-0.39, 0.29) is 18.3 Å². The summed E-state index contributed by atoms with van der Waals surface area (Å²) in [5.41, 5.74) is 1.79. The molecule has 2 heterocycles. The molecule has 0 aromatic carbocycles. The first-order valence-electron chi connectivity index (χ1n) is 6.89. The summed E-state index contributed by atoms with van der Waals surface area (Å²) in [5, 5.41) is 3.35. The number of aryl methyl sites for hydroxylation is 1. The fraction of sp³-hybridized carbons (Fsp3) is 0.643. The van der Waals surface area contributed by atoms with Crippen molar-refractivity contribution in [3.63, 3.8) is 0 Å². The van der Waals surface area contributed by atoms with E-state index in [9.17, 15) is 4.79 Å². The maximum Gasteiger partial charge on any atom is 0.255 e. The van der Waals surface area contributed by atoms with Gasteiger partial charge in [-0.05, 0) is 45.3 Å². The van der Waals surface area contributed by atoms with Crippen molar-refractivity contribution >= 4 is 18.3 Å². The van der Waals surface area contributed by atoms with Gasteiger partial charge in [-0.15, -0.1) is 12.4 Å². The molecule has 0 bridgehead atoms. The van der Waals surface area contributed by atoms with Gasteiger partial charge in [-0.1, -0.05) is 6.92 Å². The lowest BCUT2D eigenvalue weighted by atomic mass is 10.0. The lowest BCUT2D eigenvalue weighted by Gasteiger charge is -2.34. The van der Waals surface area contributed by atoms with E-state index in [1.807, 2.05) is 19.2 Å². The Labute approximate surface area is 121 Å². The Morgan fingerprint density at radius 3 is 2.63 bits per heavy atom. The van der Waals surface area contributed by atoms with Crippen LogP contribution in [0.25, 0.3) is 0 Å². The van der Waals surface area contributed by atoms with E-state index in [1.165, 1.54) is 0 Å². The summed E-state index contributed by atoms with van der Waals surface area (Å²) in [7, 11) is 0. The number of piperidine rings is 1. The molecule has 0 aliphatic carbocycles. The lowest BCUT2D eigenvalue weighted by Crippen LogP contribution is -2.46. The van der Waals surface area contributed by atoms with E-state index >= 15 is 0 Å². The molecular formula is C14H24ClN3O. The van der Waals surface area contributed by atoms with Gasteiger partial charge in [0.2, 0.25) is 0 Å². The number of nitrogens with one attached hydrogen (secondary N) is 2. The van der Waals surface area contributed by atoms with Crippen molar-refractivity contribution in [1.82, 2.24) is 15.2 Å². The third-order valence-corrected chi connectivity index (χ3v) is 3.66. The second-order valence-electron chi connectivity index (χ2n) is 5.00. The average molecular weight is 286 g/mol. The molecule has 0 saturated carbocycles. The van der Waals surface area contributed by atoms with E-state index < -0.39 is 0 Å². The minimum absolute atomic E-state index is 0. The quantitative estimate of drug-likeness (QED) is 0.892. The molecule has 2 rings (SSSR count). The summed E-state index contributed by atoms with van der Waals surface area (Å²) in [5.74, 6) is 0.183. The first-order valence-corrected chi connectivity index (χ1v) is 6.89. The van der Waals surface area contributed by atoms with Crippen LogP contribution in [0, 0.1) is 6.92 Å². The van der Waals surface area contributed by atoms with Crippen LogP contribution in [0.3, 0.4) is 0 Å². The fourth-order valence-electron chi connectivity index (χ4n) is 2.65. The van der Waals surface area contributed by atoms with Crippen LogP contribution in [0.5, 0.6) is 0 Å². The molecule has 0 unspecified atom stereocenters. The molecule has 0 spiro atoms. The Morgan fingerprint density at radius 1 is 1.42 bits per heavy atom. The van der Waals surface area contributed by atoms with Gasteiger partial charge < -0.3 is 15.2 Å². The molecule has 2 N–H and O–H groups in total. The van der Waals surface area contributed by atoms with Crippen molar-refractivity contribution in [1.29, 1.82) is 0 Å². The maximum absolute atomic E-state index is 12.6.